The maximum absolute atomic E-state index is 11.5. The Balaban J connectivity index is 2.30. The third-order valence-corrected chi connectivity index (χ3v) is 2.68. The van der Waals surface area contributed by atoms with E-state index in [0.717, 1.165) is 19.5 Å². The van der Waals surface area contributed by atoms with Crippen LogP contribution in [0.2, 0.25) is 0 Å². The smallest absolute Gasteiger partial charge is 0.326 e. The molecule has 5 heteroatoms. The van der Waals surface area contributed by atoms with Crippen molar-refractivity contribution >= 4 is 11.9 Å². The van der Waals surface area contributed by atoms with Crippen molar-refractivity contribution in [3.05, 3.63) is 0 Å². The van der Waals surface area contributed by atoms with E-state index in [0.29, 0.717) is 18.8 Å². The van der Waals surface area contributed by atoms with Gasteiger partial charge in [0.05, 0.1) is 0 Å². The molecule has 15 heavy (non-hydrogen) atoms. The lowest BCUT2D eigenvalue weighted by Crippen LogP contribution is -2.40. The molecule has 1 rings (SSSR count). The summed E-state index contributed by atoms with van der Waals surface area (Å²) in [6.07, 6.45) is 1.85. The topological polar surface area (TPSA) is 78.4 Å². The van der Waals surface area contributed by atoms with Gasteiger partial charge in [0.2, 0.25) is 5.91 Å². The maximum Gasteiger partial charge on any atom is 0.326 e. The molecule has 0 saturated carbocycles. The molecule has 0 spiro atoms. The minimum atomic E-state index is -0.963. The fourth-order valence-corrected chi connectivity index (χ4v) is 1.74. The standard InChI is InChI=1S/C10H18N2O3/c1-2-8(10(14)15)12-9(13)5-7-3-4-11-6-7/h7-8,11H,2-6H2,1H3,(H,12,13)(H,14,15)/t7?,8-/m1/s1. The second kappa shape index (κ2) is 5.70. The fraction of sp³-hybridized carbons (Fsp3) is 0.800. The molecule has 1 amide bonds. The van der Waals surface area contributed by atoms with Gasteiger partial charge in [0.15, 0.2) is 0 Å². The molecular weight excluding hydrogens is 196 g/mol. The summed E-state index contributed by atoms with van der Waals surface area (Å²) in [5.74, 6) is -0.760. The van der Waals surface area contributed by atoms with Gasteiger partial charge in [-0.1, -0.05) is 6.92 Å². The Labute approximate surface area is 89.2 Å². The van der Waals surface area contributed by atoms with Crippen molar-refractivity contribution in [3.63, 3.8) is 0 Å². The molecule has 0 aromatic carbocycles. The first-order valence-corrected chi connectivity index (χ1v) is 5.36. The zero-order chi connectivity index (χ0) is 11.3. The monoisotopic (exact) mass is 214 g/mol. The summed E-state index contributed by atoms with van der Waals surface area (Å²) < 4.78 is 0. The van der Waals surface area contributed by atoms with Gasteiger partial charge in [-0.05, 0) is 31.8 Å². The van der Waals surface area contributed by atoms with Crippen molar-refractivity contribution in [2.75, 3.05) is 13.1 Å². The number of aliphatic carboxylic acids is 1. The van der Waals surface area contributed by atoms with Crippen LogP contribution in [0.3, 0.4) is 0 Å². The molecule has 0 aliphatic carbocycles. The van der Waals surface area contributed by atoms with Crippen molar-refractivity contribution in [2.45, 2.75) is 32.2 Å². The third-order valence-electron chi connectivity index (χ3n) is 2.68. The minimum absolute atomic E-state index is 0.155. The molecule has 1 saturated heterocycles. The molecule has 1 fully saturated rings. The summed E-state index contributed by atoms with van der Waals surface area (Å²) in [5, 5.41) is 14.5. The maximum atomic E-state index is 11.5. The average Bonchev–Trinajstić information content (AvgIpc) is 2.66. The Hall–Kier alpha value is -1.10. The van der Waals surface area contributed by atoms with E-state index in [1.54, 1.807) is 6.92 Å². The van der Waals surface area contributed by atoms with Gasteiger partial charge in [-0.15, -0.1) is 0 Å². The van der Waals surface area contributed by atoms with Gasteiger partial charge in [-0.25, -0.2) is 4.79 Å². The van der Waals surface area contributed by atoms with Crippen molar-refractivity contribution in [3.8, 4) is 0 Å². The highest BCUT2D eigenvalue weighted by atomic mass is 16.4. The highest BCUT2D eigenvalue weighted by Gasteiger charge is 2.21. The summed E-state index contributed by atoms with van der Waals surface area (Å²) in [5.41, 5.74) is 0. The van der Waals surface area contributed by atoms with Crippen molar-refractivity contribution in [1.82, 2.24) is 10.6 Å². The number of carbonyl (C=O) groups excluding carboxylic acids is 1. The van der Waals surface area contributed by atoms with Gasteiger partial charge in [-0.2, -0.15) is 0 Å². The van der Waals surface area contributed by atoms with E-state index in [9.17, 15) is 9.59 Å². The van der Waals surface area contributed by atoms with Crippen LogP contribution in [-0.4, -0.2) is 36.1 Å². The molecule has 0 radical (unpaired) electrons. The van der Waals surface area contributed by atoms with Gasteiger partial charge in [-0.3, -0.25) is 4.79 Å². The number of rotatable bonds is 5. The first kappa shape index (κ1) is 12.0. The molecular formula is C10H18N2O3. The first-order valence-electron chi connectivity index (χ1n) is 5.36. The van der Waals surface area contributed by atoms with Crippen LogP contribution < -0.4 is 10.6 Å². The van der Waals surface area contributed by atoms with Gasteiger partial charge in [0, 0.05) is 6.42 Å². The largest absolute Gasteiger partial charge is 0.480 e. The number of carboxylic acid groups (broad SMARTS) is 1. The van der Waals surface area contributed by atoms with Crippen molar-refractivity contribution < 1.29 is 14.7 Å². The van der Waals surface area contributed by atoms with E-state index >= 15 is 0 Å². The summed E-state index contributed by atoms with van der Waals surface area (Å²) in [6, 6.07) is -0.744. The number of carboxylic acids is 1. The molecule has 3 N–H and O–H groups in total. The van der Waals surface area contributed by atoms with Gasteiger partial charge in [0.25, 0.3) is 0 Å². The SMILES string of the molecule is CC[C@@H](NC(=O)CC1CCNC1)C(=O)O. The fourth-order valence-electron chi connectivity index (χ4n) is 1.74. The normalized spacial score (nSPS) is 22.3. The molecule has 1 unspecified atom stereocenters. The number of carbonyl (C=O) groups is 2. The van der Waals surface area contributed by atoms with E-state index < -0.39 is 12.0 Å². The molecule has 1 heterocycles. The summed E-state index contributed by atoms with van der Waals surface area (Å²) in [4.78, 5) is 22.1. The lowest BCUT2D eigenvalue weighted by Gasteiger charge is -2.14. The predicted molar refractivity (Wildman–Crippen MR) is 55.5 cm³/mol. The Morgan fingerprint density at radius 3 is 2.80 bits per heavy atom. The van der Waals surface area contributed by atoms with Gasteiger partial charge < -0.3 is 15.7 Å². The van der Waals surface area contributed by atoms with Crippen LogP contribution in [0.25, 0.3) is 0 Å². The summed E-state index contributed by atoms with van der Waals surface area (Å²) in [7, 11) is 0. The highest BCUT2D eigenvalue weighted by molar-refractivity contribution is 5.83. The van der Waals surface area contributed by atoms with Gasteiger partial charge in [0.1, 0.15) is 6.04 Å². The Morgan fingerprint density at radius 2 is 2.33 bits per heavy atom. The molecule has 1 aliphatic heterocycles. The van der Waals surface area contributed by atoms with Crippen LogP contribution in [-0.2, 0) is 9.59 Å². The van der Waals surface area contributed by atoms with Crippen LogP contribution in [0.4, 0.5) is 0 Å². The van der Waals surface area contributed by atoms with E-state index in [2.05, 4.69) is 10.6 Å². The minimum Gasteiger partial charge on any atom is -0.480 e. The second-order valence-electron chi connectivity index (χ2n) is 3.93. The summed E-state index contributed by atoms with van der Waals surface area (Å²) >= 11 is 0. The van der Waals surface area contributed by atoms with Crippen LogP contribution >= 0.6 is 0 Å². The second-order valence-corrected chi connectivity index (χ2v) is 3.93. The van der Waals surface area contributed by atoms with E-state index in [-0.39, 0.29) is 5.91 Å². The number of nitrogens with one attached hydrogen (secondary N) is 2. The Morgan fingerprint density at radius 1 is 1.60 bits per heavy atom. The van der Waals surface area contributed by atoms with Crippen LogP contribution in [0.15, 0.2) is 0 Å². The molecule has 2 atom stereocenters. The van der Waals surface area contributed by atoms with Crippen LogP contribution in [0.5, 0.6) is 0 Å². The zero-order valence-electron chi connectivity index (χ0n) is 8.95. The van der Waals surface area contributed by atoms with Crippen molar-refractivity contribution in [1.29, 1.82) is 0 Å². The van der Waals surface area contributed by atoms with Gasteiger partial charge >= 0.3 is 5.97 Å². The van der Waals surface area contributed by atoms with E-state index in [1.165, 1.54) is 0 Å². The molecule has 0 bridgehead atoms. The number of hydrogen-bond donors (Lipinski definition) is 3. The van der Waals surface area contributed by atoms with Crippen molar-refractivity contribution in [2.24, 2.45) is 5.92 Å². The molecule has 0 aromatic heterocycles. The quantitative estimate of drug-likeness (QED) is 0.600. The van der Waals surface area contributed by atoms with Crippen LogP contribution in [0.1, 0.15) is 26.2 Å². The van der Waals surface area contributed by atoms with Crippen LogP contribution in [0, 0.1) is 5.92 Å². The predicted octanol–water partition coefficient (Wildman–Crippen LogP) is -0.0346. The summed E-state index contributed by atoms with van der Waals surface area (Å²) in [6.45, 7) is 3.56. The number of hydrogen-bond acceptors (Lipinski definition) is 3. The van der Waals surface area contributed by atoms with E-state index in [4.69, 9.17) is 5.11 Å². The molecule has 1 aliphatic rings. The molecule has 5 nitrogen and oxygen atoms in total. The first-order chi connectivity index (χ1) is 7.13. The Kier molecular flexibility index (Phi) is 4.55. The molecule has 0 aromatic rings. The lowest BCUT2D eigenvalue weighted by atomic mass is 10.0. The average molecular weight is 214 g/mol. The third kappa shape index (κ3) is 3.87. The molecule has 86 valence electrons. The highest BCUT2D eigenvalue weighted by Crippen LogP contribution is 2.11. The Bertz CT molecular complexity index is 237. The lowest BCUT2D eigenvalue weighted by molar-refractivity contribution is -0.142. The number of amides is 1. The zero-order valence-corrected chi connectivity index (χ0v) is 8.95. The van der Waals surface area contributed by atoms with E-state index in [1.807, 2.05) is 0 Å².